The molecule has 0 spiro atoms. The van der Waals surface area contributed by atoms with Gasteiger partial charge in [-0.05, 0) is 43.2 Å². The predicted molar refractivity (Wildman–Crippen MR) is 106 cm³/mol. The number of benzene rings is 1. The highest BCUT2D eigenvalue weighted by molar-refractivity contribution is 5.93. The quantitative estimate of drug-likeness (QED) is 0.757. The molecule has 1 amide bonds. The normalized spacial score (nSPS) is 17.5. The van der Waals surface area contributed by atoms with Gasteiger partial charge in [-0.15, -0.1) is 0 Å². The van der Waals surface area contributed by atoms with Gasteiger partial charge in [-0.1, -0.05) is 13.8 Å². The zero-order valence-corrected chi connectivity index (χ0v) is 16.3. The molecule has 1 aliphatic heterocycles. The molecule has 3 heterocycles. The lowest BCUT2D eigenvalue weighted by Crippen LogP contribution is -2.51. The molecule has 1 aliphatic rings. The smallest absolute Gasteiger partial charge is 0.274 e. The van der Waals surface area contributed by atoms with E-state index in [0.29, 0.717) is 24.4 Å². The van der Waals surface area contributed by atoms with Crippen LogP contribution in [0.5, 0.6) is 0 Å². The Bertz CT molecular complexity index is 1010. The maximum atomic E-state index is 13.3. The van der Waals surface area contributed by atoms with Crippen LogP contribution in [0.2, 0.25) is 0 Å². The van der Waals surface area contributed by atoms with Crippen molar-refractivity contribution in [1.82, 2.24) is 24.8 Å². The third kappa shape index (κ3) is 3.49. The van der Waals surface area contributed by atoms with Gasteiger partial charge in [-0.25, -0.2) is 13.9 Å². The summed E-state index contributed by atoms with van der Waals surface area (Å²) in [6, 6.07) is 8.50. The first kappa shape index (κ1) is 18.6. The summed E-state index contributed by atoms with van der Waals surface area (Å²) in [6.45, 7) is 8.34. The van der Waals surface area contributed by atoms with Crippen LogP contribution in [0.1, 0.15) is 42.7 Å². The van der Waals surface area contributed by atoms with Crippen molar-refractivity contribution in [2.75, 3.05) is 19.6 Å². The number of amides is 1. The number of hydrogen-bond acceptors (Lipinski definition) is 4. The number of rotatable bonds is 3. The minimum atomic E-state index is -0.283. The molecule has 0 bridgehead atoms. The fourth-order valence-corrected chi connectivity index (χ4v) is 3.57. The molecule has 0 saturated carbocycles. The maximum Gasteiger partial charge on any atom is 0.274 e. The van der Waals surface area contributed by atoms with E-state index < -0.39 is 0 Å². The first-order valence-electron chi connectivity index (χ1n) is 9.61. The van der Waals surface area contributed by atoms with E-state index in [0.717, 1.165) is 23.4 Å². The SMILES string of the molecule is CC1CN(C(=O)c2cn3nc(-c4ccc(F)cc4)cc(C(C)C)c3n2)CCN1. The summed E-state index contributed by atoms with van der Waals surface area (Å²) in [5.74, 6) is -0.152. The summed E-state index contributed by atoms with van der Waals surface area (Å²) in [6.07, 6.45) is 1.70. The van der Waals surface area contributed by atoms with Gasteiger partial charge in [-0.2, -0.15) is 5.10 Å². The van der Waals surface area contributed by atoms with E-state index >= 15 is 0 Å². The zero-order valence-electron chi connectivity index (χ0n) is 16.3. The molecule has 7 heteroatoms. The van der Waals surface area contributed by atoms with Crippen LogP contribution in [0.4, 0.5) is 4.39 Å². The highest BCUT2D eigenvalue weighted by atomic mass is 19.1. The zero-order chi connectivity index (χ0) is 19.8. The molecular weight excluding hydrogens is 357 g/mol. The van der Waals surface area contributed by atoms with Crippen molar-refractivity contribution in [3.05, 3.63) is 53.6 Å². The standard InChI is InChI=1S/C21H24FN5O/c1-13(2)17-10-18(15-4-6-16(22)7-5-15)25-27-12-19(24-20(17)27)21(28)26-9-8-23-14(3)11-26/h4-7,10,12-14,23H,8-9,11H2,1-3H3. The van der Waals surface area contributed by atoms with Gasteiger partial charge in [0.05, 0.1) is 11.9 Å². The van der Waals surface area contributed by atoms with Crippen LogP contribution in [0.25, 0.3) is 16.9 Å². The van der Waals surface area contributed by atoms with E-state index in [1.807, 2.05) is 11.0 Å². The van der Waals surface area contributed by atoms with Gasteiger partial charge >= 0.3 is 0 Å². The Morgan fingerprint density at radius 3 is 2.71 bits per heavy atom. The summed E-state index contributed by atoms with van der Waals surface area (Å²) < 4.78 is 15.0. The molecule has 1 aromatic carbocycles. The molecule has 6 nitrogen and oxygen atoms in total. The third-order valence-electron chi connectivity index (χ3n) is 5.09. The fraction of sp³-hybridized carbons (Fsp3) is 0.381. The second-order valence-corrected chi connectivity index (χ2v) is 7.65. The topological polar surface area (TPSA) is 62.5 Å². The molecular formula is C21H24FN5O. The number of nitrogens with one attached hydrogen (secondary N) is 1. The number of halogens is 1. The number of imidazole rings is 1. The van der Waals surface area contributed by atoms with Crippen molar-refractivity contribution in [1.29, 1.82) is 0 Å². The second kappa shape index (κ2) is 7.31. The highest BCUT2D eigenvalue weighted by Gasteiger charge is 2.25. The van der Waals surface area contributed by atoms with Crippen LogP contribution in [0, 0.1) is 5.82 Å². The Labute approximate surface area is 163 Å². The number of carbonyl (C=O) groups is 1. The van der Waals surface area contributed by atoms with E-state index in [9.17, 15) is 9.18 Å². The molecule has 1 unspecified atom stereocenters. The summed E-state index contributed by atoms with van der Waals surface area (Å²) in [5, 5.41) is 7.97. The van der Waals surface area contributed by atoms with Gasteiger partial charge in [0.1, 0.15) is 11.5 Å². The van der Waals surface area contributed by atoms with E-state index in [2.05, 4.69) is 36.2 Å². The average molecular weight is 381 g/mol. The molecule has 3 aromatic rings. The summed E-state index contributed by atoms with van der Waals surface area (Å²) in [4.78, 5) is 19.4. The van der Waals surface area contributed by atoms with Crippen molar-refractivity contribution < 1.29 is 9.18 Å². The lowest BCUT2D eigenvalue weighted by Gasteiger charge is -2.31. The molecule has 1 atom stereocenters. The fourth-order valence-electron chi connectivity index (χ4n) is 3.57. The molecule has 0 aliphatic carbocycles. The summed E-state index contributed by atoms with van der Waals surface area (Å²) in [5.41, 5.74) is 3.64. The number of aromatic nitrogens is 3. The van der Waals surface area contributed by atoms with Crippen LogP contribution >= 0.6 is 0 Å². The number of fused-ring (bicyclic) bond motifs is 1. The largest absolute Gasteiger partial charge is 0.334 e. The molecule has 1 fully saturated rings. The number of piperazine rings is 1. The van der Waals surface area contributed by atoms with Crippen LogP contribution in [-0.2, 0) is 0 Å². The van der Waals surface area contributed by atoms with Gasteiger partial charge in [0.25, 0.3) is 5.91 Å². The Morgan fingerprint density at radius 2 is 2.04 bits per heavy atom. The van der Waals surface area contributed by atoms with E-state index in [4.69, 9.17) is 0 Å². The minimum Gasteiger partial charge on any atom is -0.334 e. The highest BCUT2D eigenvalue weighted by Crippen LogP contribution is 2.26. The van der Waals surface area contributed by atoms with Gasteiger partial charge in [-0.3, -0.25) is 4.79 Å². The van der Waals surface area contributed by atoms with Gasteiger partial charge < -0.3 is 10.2 Å². The number of hydrogen-bond donors (Lipinski definition) is 1. The lowest BCUT2D eigenvalue weighted by molar-refractivity contribution is 0.0704. The van der Waals surface area contributed by atoms with Crippen LogP contribution in [0.15, 0.2) is 36.5 Å². The first-order chi connectivity index (χ1) is 13.4. The van der Waals surface area contributed by atoms with E-state index in [1.54, 1.807) is 22.8 Å². The first-order valence-corrected chi connectivity index (χ1v) is 9.61. The van der Waals surface area contributed by atoms with Gasteiger partial charge in [0.2, 0.25) is 0 Å². The monoisotopic (exact) mass is 381 g/mol. The van der Waals surface area contributed by atoms with Gasteiger partial charge in [0.15, 0.2) is 5.65 Å². The average Bonchev–Trinajstić information content (AvgIpc) is 3.11. The van der Waals surface area contributed by atoms with Crippen molar-refractivity contribution in [2.45, 2.75) is 32.7 Å². The summed E-state index contributed by atoms with van der Waals surface area (Å²) in [7, 11) is 0. The molecule has 1 N–H and O–H groups in total. The Kier molecular flexibility index (Phi) is 4.85. The molecule has 28 heavy (non-hydrogen) atoms. The molecule has 2 aromatic heterocycles. The molecule has 1 saturated heterocycles. The van der Waals surface area contributed by atoms with Crippen molar-refractivity contribution in [3.8, 4) is 11.3 Å². The Hall–Kier alpha value is -2.80. The van der Waals surface area contributed by atoms with Crippen LogP contribution in [-0.4, -0.2) is 51.1 Å². The van der Waals surface area contributed by atoms with Crippen molar-refractivity contribution in [2.24, 2.45) is 0 Å². The Balaban J connectivity index is 1.76. The number of carbonyl (C=O) groups excluding carboxylic acids is 1. The van der Waals surface area contributed by atoms with Crippen molar-refractivity contribution in [3.63, 3.8) is 0 Å². The summed E-state index contributed by atoms with van der Waals surface area (Å²) >= 11 is 0. The van der Waals surface area contributed by atoms with E-state index in [1.165, 1.54) is 12.1 Å². The third-order valence-corrected chi connectivity index (χ3v) is 5.09. The Morgan fingerprint density at radius 1 is 1.29 bits per heavy atom. The van der Waals surface area contributed by atoms with Crippen molar-refractivity contribution >= 4 is 11.6 Å². The lowest BCUT2D eigenvalue weighted by atomic mass is 10.0. The van der Waals surface area contributed by atoms with E-state index in [-0.39, 0.29) is 23.7 Å². The number of nitrogens with zero attached hydrogens (tertiary/aromatic N) is 4. The molecule has 0 radical (unpaired) electrons. The molecule has 4 rings (SSSR count). The second-order valence-electron chi connectivity index (χ2n) is 7.65. The maximum absolute atomic E-state index is 13.3. The van der Waals surface area contributed by atoms with Crippen LogP contribution < -0.4 is 5.32 Å². The van der Waals surface area contributed by atoms with Gasteiger partial charge in [0, 0.05) is 36.8 Å². The predicted octanol–water partition coefficient (Wildman–Crippen LogP) is 3.09. The molecule has 146 valence electrons. The minimum absolute atomic E-state index is 0.0723. The van der Waals surface area contributed by atoms with Crippen LogP contribution in [0.3, 0.4) is 0 Å².